The maximum absolute atomic E-state index is 13.5. The van der Waals surface area contributed by atoms with Crippen molar-refractivity contribution in [2.24, 2.45) is 0 Å². The van der Waals surface area contributed by atoms with Gasteiger partial charge in [0.1, 0.15) is 17.6 Å². The van der Waals surface area contributed by atoms with Gasteiger partial charge in [0.15, 0.2) is 0 Å². The molecule has 20 heavy (non-hydrogen) atoms. The summed E-state index contributed by atoms with van der Waals surface area (Å²) in [6.45, 7) is 2.98. The van der Waals surface area contributed by atoms with Crippen molar-refractivity contribution in [1.29, 1.82) is 0 Å². The van der Waals surface area contributed by atoms with Crippen LogP contribution < -0.4 is 5.32 Å². The number of hydrogen-bond acceptors (Lipinski definition) is 3. The van der Waals surface area contributed by atoms with Gasteiger partial charge in [-0.05, 0) is 31.9 Å². The quantitative estimate of drug-likeness (QED) is 0.876. The third-order valence-corrected chi connectivity index (χ3v) is 3.33. The Morgan fingerprint density at radius 2 is 2.00 bits per heavy atom. The monoisotopic (exact) mass is 280 g/mol. The smallest absolute Gasteiger partial charge is 0.254 e. The molecule has 0 aliphatic carbocycles. The van der Waals surface area contributed by atoms with Gasteiger partial charge in [-0.25, -0.2) is 4.39 Å². The zero-order chi connectivity index (χ0) is 14.7. The van der Waals surface area contributed by atoms with Crippen LogP contribution in [0.5, 0.6) is 5.75 Å². The molecule has 2 rings (SSSR count). The molecule has 1 saturated heterocycles. The van der Waals surface area contributed by atoms with Crippen LogP contribution in [0.2, 0.25) is 0 Å². The summed E-state index contributed by atoms with van der Waals surface area (Å²) >= 11 is 0. The van der Waals surface area contributed by atoms with E-state index in [0.29, 0.717) is 13.1 Å². The average Bonchev–Trinajstić information content (AvgIpc) is 2.91. The second-order valence-electron chi connectivity index (χ2n) is 4.89. The lowest BCUT2D eigenvalue weighted by molar-refractivity contribution is -0.131. The molecule has 0 radical (unpaired) electrons. The molecule has 1 heterocycles. The summed E-state index contributed by atoms with van der Waals surface area (Å²) in [5, 5.41) is 11.6. The van der Waals surface area contributed by atoms with Crippen LogP contribution in [0.25, 0.3) is 0 Å². The highest BCUT2D eigenvalue weighted by Gasteiger charge is 2.25. The van der Waals surface area contributed by atoms with Crippen molar-refractivity contribution in [2.75, 3.05) is 13.1 Å². The van der Waals surface area contributed by atoms with E-state index in [0.717, 1.165) is 18.9 Å². The number of amides is 2. The fraction of sp³-hybridized carbons (Fsp3) is 0.429. The Morgan fingerprint density at radius 1 is 1.35 bits per heavy atom. The summed E-state index contributed by atoms with van der Waals surface area (Å²) in [6, 6.07) is 2.58. The number of phenols is 1. The zero-order valence-corrected chi connectivity index (χ0v) is 11.2. The van der Waals surface area contributed by atoms with E-state index in [1.54, 1.807) is 11.8 Å². The molecule has 1 aliphatic heterocycles. The Kier molecular flexibility index (Phi) is 4.22. The number of carbonyl (C=O) groups excluding carboxylic acids is 2. The largest absolute Gasteiger partial charge is 0.508 e. The van der Waals surface area contributed by atoms with Crippen LogP contribution in [0.3, 0.4) is 0 Å². The molecule has 1 aromatic carbocycles. The molecule has 5 nitrogen and oxygen atoms in total. The first kappa shape index (κ1) is 14.3. The number of halogens is 1. The molecule has 2 amide bonds. The molecule has 1 fully saturated rings. The topological polar surface area (TPSA) is 69.6 Å². The van der Waals surface area contributed by atoms with Gasteiger partial charge in [-0.15, -0.1) is 0 Å². The van der Waals surface area contributed by atoms with E-state index in [-0.39, 0.29) is 17.2 Å². The number of carbonyl (C=O) groups is 2. The molecular weight excluding hydrogens is 263 g/mol. The molecule has 0 aromatic heterocycles. The zero-order valence-electron chi connectivity index (χ0n) is 11.2. The minimum absolute atomic E-state index is 0.157. The number of hydrogen-bond donors (Lipinski definition) is 2. The van der Waals surface area contributed by atoms with Gasteiger partial charge in [0.2, 0.25) is 5.91 Å². The van der Waals surface area contributed by atoms with Crippen molar-refractivity contribution in [3.63, 3.8) is 0 Å². The maximum atomic E-state index is 13.5. The van der Waals surface area contributed by atoms with Crippen LogP contribution in [0.15, 0.2) is 18.2 Å². The lowest BCUT2D eigenvalue weighted by atomic mass is 10.1. The van der Waals surface area contributed by atoms with Gasteiger partial charge in [-0.1, -0.05) is 0 Å². The summed E-state index contributed by atoms with van der Waals surface area (Å²) in [6.07, 6.45) is 1.94. The SMILES string of the molecule is CC(NC(=O)c1ccc(O)cc1F)C(=O)N1CCCC1. The van der Waals surface area contributed by atoms with Gasteiger partial charge in [-0.3, -0.25) is 9.59 Å². The summed E-state index contributed by atoms with van der Waals surface area (Å²) in [5.41, 5.74) is -0.191. The number of likely N-dealkylation sites (tertiary alicyclic amines) is 1. The highest BCUT2D eigenvalue weighted by Crippen LogP contribution is 2.15. The number of phenolic OH excluding ortho intramolecular Hbond substituents is 1. The van der Waals surface area contributed by atoms with Gasteiger partial charge in [-0.2, -0.15) is 0 Å². The van der Waals surface area contributed by atoms with Crippen molar-refractivity contribution in [3.05, 3.63) is 29.6 Å². The van der Waals surface area contributed by atoms with Crippen LogP contribution in [0.1, 0.15) is 30.1 Å². The number of benzene rings is 1. The van der Waals surface area contributed by atoms with E-state index in [1.807, 2.05) is 0 Å². The van der Waals surface area contributed by atoms with E-state index in [9.17, 15) is 14.0 Å². The van der Waals surface area contributed by atoms with Crippen molar-refractivity contribution < 1.29 is 19.1 Å². The Labute approximate surface area is 116 Å². The number of aromatic hydroxyl groups is 1. The molecule has 0 saturated carbocycles. The minimum Gasteiger partial charge on any atom is -0.508 e. The van der Waals surface area contributed by atoms with Crippen molar-refractivity contribution in [3.8, 4) is 5.75 Å². The molecule has 1 aliphatic rings. The van der Waals surface area contributed by atoms with E-state index >= 15 is 0 Å². The van der Waals surface area contributed by atoms with Crippen molar-refractivity contribution in [1.82, 2.24) is 10.2 Å². The molecule has 2 N–H and O–H groups in total. The standard InChI is InChI=1S/C14H17FN2O3/c1-9(14(20)17-6-2-3-7-17)16-13(19)11-5-4-10(18)8-12(11)15/h4-5,8-9,18H,2-3,6-7H2,1H3,(H,16,19). The highest BCUT2D eigenvalue weighted by molar-refractivity contribution is 5.97. The van der Waals surface area contributed by atoms with E-state index in [1.165, 1.54) is 12.1 Å². The second-order valence-corrected chi connectivity index (χ2v) is 4.89. The summed E-state index contributed by atoms with van der Waals surface area (Å²) in [5.74, 6) is -1.89. The van der Waals surface area contributed by atoms with E-state index in [4.69, 9.17) is 5.11 Å². The first-order valence-electron chi connectivity index (χ1n) is 6.57. The predicted octanol–water partition coefficient (Wildman–Crippen LogP) is 1.27. The predicted molar refractivity (Wildman–Crippen MR) is 70.8 cm³/mol. The summed E-state index contributed by atoms with van der Waals surface area (Å²) < 4.78 is 13.5. The molecule has 1 atom stereocenters. The fourth-order valence-electron chi connectivity index (χ4n) is 2.24. The average molecular weight is 280 g/mol. The molecule has 108 valence electrons. The molecule has 1 unspecified atom stereocenters. The molecule has 6 heteroatoms. The van der Waals surface area contributed by atoms with Crippen molar-refractivity contribution >= 4 is 11.8 Å². The molecule has 1 aromatic rings. The minimum atomic E-state index is -0.816. The Bertz CT molecular complexity index is 527. The molecule has 0 spiro atoms. The molecular formula is C14H17FN2O3. The van der Waals surface area contributed by atoms with Gasteiger partial charge in [0.25, 0.3) is 5.91 Å². The van der Waals surface area contributed by atoms with Crippen LogP contribution in [0.4, 0.5) is 4.39 Å². The van der Waals surface area contributed by atoms with E-state index in [2.05, 4.69) is 5.32 Å². The first-order valence-corrected chi connectivity index (χ1v) is 6.57. The summed E-state index contributed by atoms with van der Waals surface area (Å²) in [4.78, 5) is 25.6. The van der Waals surface area contributed by atoms with E-state index < -0.39 is 17.8 Å². The third-order valence-electron chi connectivity index (χ3n) is 3.33. The molecule has 0 bridgehead atoms. The van der Waals surface area contributed by atoms with Gasteiger partial charge < -0.3 is 15.3 Å². The lowest BCUT2D eigenvalue weighted by Gasteiger charge is -2.21. The number of nitrogens with one attached hydrogen (secondary N) is 1. The fourth-order valence-corrected chi connectivity index (χ4v) is 2.24. The van der Waals surface area contributed by atoms with Crippen molar-refractivity contribution in [2.45, 2.75) is 25.8 Å². The third kappa shape index (κ3) is 3.07. The van der Waals surface area contributed by atoms with Crippen LogP contribution >= 0.6 is 0 Å². The van der Waals surface area contributed by atoms with Crippen LogP contribution in [0, 0.1) is 5.82 Å². The maximum Gasteiger partial charge on any atom is 0.254 e. The Morgan fingerprint density at radius 3 is 2.60 bits per heavy atom. The van der Waals surface area contributed by atoms with Gasteiger partial charge in [0.05, 0.1) is 5.56 Å². The van der Waals surface area contributed by atoms with Gasteiger partial charge >= 0.3 is 0 Å². The summed E-state index contributed by atoms with van der Waals surface area (Å²) in [7, 11) is 0. The van der Waals surface area contributed by atoms with Gasteiger partial charge in [0, 0.05) is 19.2 Å². The second kappa shape index (κ2) is 5.90. The first-order chi connectivity index (χ1) is 9.49. The Balaban J connectivity index is 2.01. The van der Waals surface area contributed by atoms with Crippen LogP contribution in [-0.4, -0.2) is 41.0 Å². The Hall–Kier alpha value is -2.11. The number of rotatable bonds is 3. The lowest BCUT2D eigenvalue weighted by Crippen LogP contribution is -2.46. The number of nitrogens with zero attached hydrogens (tertiary/aromatic N) is 1. The van der Waals surface area contributed by atoms with Crippen LogP contribution in [-0.2, 0) is 4.79 Å². The normalized spacial score (nSPS) is 16.0. The highest BCUT2D eigenvalue weighted by atomic mass is 19.1.